The van der Waals surface area contributed by atoms with E-state index in [0.29, 0.717) is 11.7 Å². The van der Waals surface area contributed by atoms with Gasteiger partial charge in [0.25, 0.3) is 0 Å². The standard InChI is InChI=1S/C11H15N3O2/c15-10-6-5-9(7-12-10)14-11(16)13-8-3-1-2-4-8/h5-8H,1-4H2,(H,12,15)(H2,13,14,16). The highest BCUT2D eigenvalue weighted by atomic mass is 16.2. The van der Waals surface area contributed by atoms with Gasteiger partial charge in [-0.15, -0.1) is 0 Å². The van der Waals surface area contributed by atoms with Crippen LogP contribution in [0.5, 0.6) is 0 Å². The number of hydrogen-bond donors (Lipinski definition) is 3. The number of carbonyl (C=O) groups is 1. The monoisotopic (exact) mass is 221 g/mol. The zero-order chi connectivity index (χ0) is 11.4. The third-order valence-corrected chi connectivity index (χ3v) is 2.73. The molecule has 0 atom stereocenters. The van der Waals surface area contributed by atoms with Crippen LogP contribution in [-0.4, -0.2) is 17.1 Å². The molecule has 1 aromatic rings. The van der Waals surface area contributed by atoms with Gasteiger partial charge >= 0.3 is 6.03 Å². The molecule has 0 spiro atoms. The summed E-state index contributed by atoms with van der Waals surface area (Å²) < 4.78 is 0. The van der Waals surface area contributed by atoms with E-state index in [2.05, 4.69) is 15.6 Å². The van der Waals surface area contributed by atoms with E-state index in [9.17, 15) is 9.59 Å². The third kappa shape index (κ3) is 2.85. The Bertz CT molecular complexity index is 401. The van der Waals surface area contributed by atoms with Crippen molar-refractivity contribution in [2.24, 2.45) is 0 Å². The van der Waals surface area contributed by atoms with Gasteiger partial charge in [-0.3, -0.25) is 4.79 Å². The number of aromatic amines is 1. The van der Waals surface area contributed by atoms with E-state index in [0.717, 1.165) is 12.8 Å². The summed E-state index contributed by atoms with van der Waals surface area (Å²) in [5.41, 5.74) is 0.414. The van der Waals surface area contributed by atoms with E-state index in [1.54, 1.807) is 6.07 Å². The van der Waals surface area contributed by atoms with Crippen LogP contribution in [0.3, 0.4) is 0 Å². The fourth-order valence-corrected chi connectivity index (χ4v) is 1.91. The largest absolute Gasteiger partial charge is 0.335 e. The molecule has 0 radical (unpaired) electrons. The van der Waals surface area contributed by atoms with Crippen LogP contribution in [0.2, 0.25) is 0 Å². The Kier molecular flexibility index (Phi) is 3.24. The lowest BCUT2D eigenvalue weighted by atomic mass is 10.2. The van der Waals surface area contributed by atoms with Crippen LogP contribution >= 0.6 is 0 Å². The molecule has 0 bridgehead atoms. The molecular weight excluding hydrogens is 206 g/mol. The van der Waals surface area contributed by atoms with Gasteiger partial charge in [-0.05, 0) is 18.9 Å². The van der Waals surface area contributed by atoms with Crippen LogP contribution < -0.4 is 16.2 Å². The van der Waals surface area contributed by atoms with Crippen LogP contribution in [0.4, 0.5) is 10.5 Å². The van der Waals surface area contributed by atoms with Crippen molar-refractivity contribution in [1.82, 2.24) is 10.3 Å². The van der Waals surface area contributed by atoms with Gasteiger partial charge in [0.05, 0.1) is 5.69 Å². The minimum absolute atomic E-state index is 0.179. The molecule has 1 heterocycles. The Morgan fingerprint density at radius 3 is 2.69 bits per heavy atom. The molecule has 16 heavy (non-hydrogen) atoms. The molecule has 1 fully saturated rings. The highest BCUT2D eigenvalue weighted by Crippen LogP contribution is 2.17. The number of H-pyrrole nitrogens is 1. The Morgan fingerprint density at radius 1 is 1.31 bits per heavy atom. The van der Waals surface area contributed by atoms with E-state index in [-0.39, 0.29) is 11.6 Å². The normalized spacial score (nSPS) is 16.0. The summed E-state index contributed by atoms with van der Waals surface area (Å²) in [6.07, 6.45) is 5.96. The Hall–Kier alpha value is -1.78. The second kappa shape index (κ2) is 4.83. The van der Waals surface area contributed by atoms with Crippen molar-refractivity contribution in [2.75, 3.05) is 5.32 Å². The molecule has 0 saturated heterocycles. The van der Waals surface area contributed by atoms with Gasteiger partial charge in [0, 0.05) is 18.3 Å². The van der Waals surface area contributed by atoms with Gasteiger partial charge in [0.2, 0.25) is 5.56 Å². The van der Waals surface area contributed by atoms with Crippen LogP contribution in [0.1, 0.15) is 25.7 Å². The SMILES string of the molecule is O=C(Nc1ccc(=O)[nH]c1)NC1CCCC1. The highest BCUT2D eigenvalue weighted by Gasteiger charge is 2.16. The quantitative estimate of drug-likeness (QED) is 0.707. The molecule has 5 nitrogen and oxygen atoms in total. The van der Waals surface area contributed by atoms with Crippen molar-refractivity contribution in [2.45, 2.75) is 31.7 Å². The molecule has 1 aliphatic rings. The lowest BCUT2D eigenvalue weighted by Gasteiger charge is -2.12. The van der Waals surface area contributed by atoms with Crippen molar-refractivity contribution in [1.29, 1.82) is 0 Å². The Labute approximate surface area is 93.3 Å². The lowest BCUT2D eigenvalue weighted by Crippen LogP contribution is -2.36. The number of anilines is 1. The topological polar surface area (TPSA) is 74.0 Å². The first-order valence-electron chi connectivity index (χ1n) is 5.50. The van der Waals surface area contributed by atoms with Gasteiger partial charge in [0.1, 0.15) is 0 Å². The van der Waals surface area contributed by atoms with Gasteiger partial charge in [-0.2, -0.15) is 0 Å². The summed E-state index contributed by atoms with van der Waals surface area (Å²) in [5, 5.41) is 5.58. The second-order valence-electron chi connectivity index (χ2n) is 4.02. The fraction of sp³-hybridized carbons (Fsp3) is 0.455. The number of rotatable bonds is 2. The average Bonchev–Trinajstić information content (AvgIpc) is 2.74. The van der Waals surface area contributed by atoms with Crippen LogP contribution in [0.15, 0.2) is 23.1 Å². The number of urea groups is 1. The smallest absolute Gasteiger partial charge is 0.319 e. The molecule has 1 aliphatic carbocycles. The van der Waals surface area contributed by atoms with Gasteiger partial charge < -0.3 is 15.6 Å². The highest BCUT2D eigenvalue weighted by molar-refractivity contribution is 5.89. The molecule has 1 saturated carbocycles. The summed E-state index contributed by atoms with van der Waals surface area (Å²) in [6.45, 7) is 0. The van der Waals surface area contributed by atoms with Crippen LogP contribution in [0.25, 0.3) is 0 Å². The first-order chi connectivity index (χ1) is 7.74. The molecule has 0 aliphatic heterocycles. The van der Waals surface area contributed by atoms with Gasteiger partial charge in [-0.1, -0.05) is 12.8 Å². The minimum atomic E-state index is -0.209. The predicted molar refractivity (Wildman–Crippen MR) is 61.5 cm³/mol. The third-order valence-electron chi connectivity index (χ3n) is 2.73. The summed E-state index contributed by atoms with van der Waals surface area (Å²) in [7, 11) is 0. The summed E-state index contributed by atoms with van der Waals surface area (Å²) in [5.74, 6) is 0. The number of amides is 2. The summed E-state index contributed by atoms with van der Waals surface area (Å²) in [6, 6.07) is 3.04. The maximum Gasteiger partial charge on any atom is 0.319 e. The number of pyridine rings is 1. The van der Waals surface area contributed by atoms with Crippen LogP contribution in [0, 0.1) is 0 Å². The number of hydrogen-bond acceptors (Lipinski definition) is 2. The predicted octanol–water partition coefficient (Wildman–Crippen LogP) is 1.44. The van der Waals surface area contributed by atoms with Crippen molar-refractivity contribution >= 4 is 11.7 Å². The van der Waals surface area contributed by atoms with E-state index in [1.165, 1.54) is 25.1 Å². The second-order valence-corrected chi connectivity index (χ2v) is 4.02. The van der Waals surface area contributed by atoms with E-state index in [4.69, 9.17) is 0 Å². The van der Waals surface area contributed by atoms with Crippen molar-refractivity contribution in [3.63, 3.8) is 0 Å². The molecule has 0 aromatic carbocycles. The summed E-state index contributed by atoms with van der Waals surface area (Å²) >= 11 is 0. The van der Waals surface area contributed by atoms with Gasteiger partial charge in [-0.25, -0.2) is 4.79 Å². The maximum absolute atomic E-state index is 11.5. The van der Waals surface area contributed by atoms with E-state index < -0.39 is 0 Å². The molecule has 5 heteroatoms. The summed E-state index contributed by atoms with van der Waals surface area (Å²) in [4.78, 5) is 24.8. The lowest BCUT2D eigenvalue weighted by molar-refractivity contribution is 0.248. The minimum Gasteiger partial charge on any atom is -0.335 e. The zero-order valence-corrected chi connectivity index (χ0v) is 8.95. The first-order valence-corrected chi connectivity index (χ1v) is 5.50. The number of nitrogens with one attached hydrogen (secondary N) is 3. The zero-order valence-electron chi connectivity index (χ0n) is 8.95. The molecule has 2 rings (SSSR count). The fourth-order valence-electron chi connectivity index (χ4n) is 1.91. The van der Waals surface area contributed by atoms with E-state index in [1.807, 2.05) is 0 Å². The van der Waals surface area contributed by atoms with Crippen LogP contribution in [-0.2, 0) is 0 Å². The average molecular weight is 221 g/mol. The van der Waals surface area contributed by atoms with Gasteiger partial charge in [0.15, 0.2) is 0 Å². The number of aromatic nitrogens is 1. The van der Waals surface area contributed by atoms with Crippen molar-refractivity contribution < 1.29 is 4.79 Å². The molecular formula is C11H15N3O2. The first kappa shape index (κ1) is 10.7. The van der Waals surface area contributed by atoms with Crippen molar-refractivity contribution in [3.8, 4) is 0 Å². The van der Waals surface area contributed by atoms with E-state index >= 15 is 0 Å². The molecule has 3 N–H and O–H groups in total. The Morgan fingerprint density at radius 2 is 2.06 bits per heavy atom. The molecule has 0 unspecified atom stereocenters. The molecule has 2 amide bonds. The molecule has 1 aromatic heterocycles. The Balaban J connectivity index is 1.86. The number of carbonyl (C=O) groups excluding carboxylic acids is 1. The molecule has 86 valence electrons. The maximum atomic E-state index is 11.5. The van der Waals surface area contributed by atoms with Crippen molar-refractivity contribution in [3.05, 3.63) is 28.7 Å².